The molecule has 0 spiro atoms. The van der Waals surface area contributed by atoms with E-state index in [1.807, 2.05) is 51.4 Å². The van der Waals surface area contributed by atoms with E-state index in [9.17, 15) is 0 Å². The lowest BCUT2D eigenvalue weighted by Crippen LogP contribution is -2.07. The zero-order chi connectivity index (χ0) is 16.8. The van der Waals surface area contributed by atoms with Gasteiger partial charge in [0.15, 0.2) is 0 Å². The van der Waals surface area contributed by atoms with E-state index >= 15 is 0 Å². The first kappa shape index (κ1) is 16.3. The lowest BCUT2D eigenvalue weighted by molar-refractivity contribution is 1.12. The molecule has 0 atom stereocenters. The standard InChI is InChI=1S/C20H19N3/c1-15-10-17(12-18(11-15)19(13-21)14-22)5-4-16-6-8-20(9-7-16)23(2)3/h4-9,11-12H,10H2,1-3H3/b5-4+. The molecule has 0 N–H and O–H groups in total. The highest BCUT2D eigenvalue weighted by Gasteiger charge is 2.09. The molecule has 3 nitrogen and oxygen atoms in total. The molecule has 0 radical (unpaired) electrons. The summed E-state index contributed by atoms with van der Waals surface area (Å²) in [5.41, 5.74) is 5.38. The van der Waals surface area contributed by atoms with E-state index in [4.69, 9.17) is 10.5 Å². The minimum atomic E-state index is 0.158. The summed E-state index contributed by atoms with van der Waals surface area (Å²) in [5, 5.41) is 18.0. The van der Waals surface area contributed by atoms with Crippen molar-refractivity contribution >= 4 is 11.8 Å². The maximum Gasteiger partial charge on any atom is 0.136 e. The van der Waals surface area contributed by atoms with Crippen LogP contribution in [0.15, 0.2) is 64.8 Å². The van der Waals surface area contributed by atoms with Crippen LogP contribution >= 0.6 is 0 Å². The summed E-state index contributed by atoms with van der Waals surface area (Å²) in [6.07, 6.45) is 8.76. The largest absolute Gasteiger partial charge is 0.378 e. The Morgan fingerprint density at radius 1 is 1.04 bits per heavy atom. The smallest absolute Gasteiger partial charge is 0.136 e. The Morgan fingerprint density at radius 3 is 2.26 bits per heavy atom. The van der Waals surface area contributed by atoms with Crippen molar-refractivity contribution in [3.05, 3.63) is 70.3 Å². The number of rotatable bonds is 3. The number of allylic oxidation sites excluding steroid dienone is 7. The molecule has 3 heteroatoms. The second kappa shape index (κ2) is 7.29. The van der Waals surface area contributed by atoms with Crippen molar-refractivity contribution in [1.82, 2.24) is 0 Å². The Kier molecular flexibility index (Phi) is 5.18. The monoisotopic (exact) mass is 301 g/mol. The van der Waals surface area contributed by atoms with Gasteiger partial charge in [-0.05, 0) is 42.7 Å². The zero-order valence-electron chi connectivity index (χ0n) is 13.7. The van der Waals surface area contributed by atoms with Crippen LogP contribution in [0.1, 0.15) is 18.9 Å². The first-order valence-electron chi connectivity index (χ1n) is 7.41. The van der Waals surface area contributed by atoms with E-state index in [2.05, 4.69) is 35.2 Å². The minimum absolute atomic E-state index is 0.158. The van der Waals surface area contributed by atoms with Gasteiger partial charge in [-0.25, -0.2) is 0 Å². The molecule has 0 heterocycles. The molecule has 0 saturated carbocycles. The normalized spacial score (nSPS) is 13.9. The van der Waals surface area contributed by atoms with E-state index in [0.29, 0.717) is 5.57 Å². The molecule has 0 unspecified atom stereocenters. The Morgan fingerprint density at radius 2 is 1.70 bits per heavy atom. The SMILES string of the molecule is CC1=CC(=C(C#N)C#N)C=C(/C=C/c2ccc(N(C)C)cc2)C1. The van der Waals surface area contributed by atoms with Crippen LogP contribution in [0, 0.1) is 22.7 Å². The van der Waals surface area contributed by atoms with Gasteiger partial charge in [0.1, 0.15) is 17.7 Å². The van der Waals surface area contributed by atoms with Gasteiger partial charge in [-0.3, -0.25) is 0 Å². The van der Waals surface area contributed by atoms with Crippen molar-refractivity contribution in [2.75, 3.05) is 19.0 Å². The number of nitriles is 2. The molecule has 1 aromatic rings. The molecule has 1 aromatic carbocycles. The number of nitrogens with zero attached hydrogens (tertiary/aromatic N) is 3. The van der Waals surface area contributed by atoms with Crippen LogP contribution in [0.3, 0.4) is 0 Å². The van der Waals surface area contributed by atoms with Gasteiger partial charge < -0.3 is 4.90 Å². The third-order valence-corrected chi connectivity index (χ3v) is 3.64. The molecule has 0 fully saturated rings. The predicted octanol–water partition coefficient (Wildman–Crippen LogP) is 4.39. The Labute approximate surface area is 137 Å². The number of anilines is 1. The van der Waals surface area contributed by atoms with Gasteiger partial charge in [0.05, 0.1) is 0 Å². The maximum absolute atomic E-state index is 9.02. The van der Waals surface area contributed by atoms with Crippen LogP contribution in [0.25, 0.3) is 6.08 Å². The van der Waals surface area contributed by atoms with Crippen LogP contribution in [0.5, 0.6) is 0 Å². The number of benzene rings is 1. The molecule has 0 saturated heterocycles. The molecule has 2 rings (SSSR count). The second-order valence-electron chi connectivity index (χ2n) is 5.76. The lowest BCUT2D eigenvalue weighted by atomic mass is 9.93. The fraction of sp³-hybridized carbons (Fsp3) is 0.200. The van der Waals surface area contributed by atoms with Crippen molar-refractivity contribution in [1.29, 1.82) is 10.5 Å². The third kappa shape index (κ3) is 4.22. The van der Waals surface area contributed by atoms with E-state index < -0.39 is 0 Å². The second-order valence-corrected chi connectivity index (χ2v) is 5.76. The van der Waals surface area contributed by atoms with Crippen molar-refractivity contribution in [3.8, 4) is 12.1 Å². The quantitative estimate of drug-likeness (QED) is 0.778. The third-order valence-electron chi connectivity index (χ3n) is 3.64. The van der Waals surface area contributed by atoms with Crippen LogP contribution < -0.4 is 4.90 Å². The van der Waals surface area contributed by atoms with Crippen LogP contribution in [0.4, 0.5) is 5.69 Å². The summed E-state index contributed by atoms with van der Waals surface area (Å²) in [4.78, 5) is 2.06. The van der Waals surface area contributed by atoms with Gasteiger partial charge in [0.25, 0.3) is 0 Å². The fourth-order valence-corrected chi connectivity index (χ4v) is 2.42. The first-order valence-corrected chi connectivity index (χ1v) is 7.41. The molecule has 0 aliphatic heterocycles. The Hall–Kier alpha value is -3.04. The molecule has 0 bridgehead atoms. The number of hydrogen-bond acceptors (Lipinski definition) is 3. The molecule has 114 valence electrons. The topological polar surface area (TPSA) is 50.8 Å². The minimum Gasteiger partial charge on any atom is -0.378 e. The highest BCUT2D eigenvalue weighted by Crippen LogP contribution is 2.25. The zero-order valence-corrected chi connectivity index (χ0v) is 13.7. The molecule has 0 aromatic heterocycles. The van der Waals surface area contributed by atoms with Gasteiger partial charge in [-0.15, -0.1) is 0 Å². The van der Waals surface area contributed by atoms with Crippen molar-refractivity contribution in [3.63, 3.8) is 0 Å². The van der Waals surface area contributed by atoms with Crippen LogP contribution in [-0.4, -0.2) is 14.1 Å². The van der Waals surface area contributed by atoms with E-state index in [-0.39, 0.29) is 5.57 Å². The lowest BCUT2D eigenvalue weighted by Gasteiger charge is -2.12. The van der Waals surface area contributed by atoms with Gasteiger partial charge in [-0.2, -0.15) is 10.5 Å². The van der Waals surface area contributed by atoms with Crippen molar-refractivity contribution < 1.29 is 0 Å². The molecular weight excluding hydrogens is 282 g/mol. The van der Waals surface area contributed by atoms with E-state index in [1.54, 1.807) is 0 Å². The van der Waals surface area contributed by atoms with Gasteiger partial charge in [-0.1, -0.05) is 35.9 Å². The molecule has 1 aliphatic rings. The summed E-state index contributed by atoms with van der Waals surface area (Å²) < 4.78 is 0. The van der Waals surface area contributed by atoms with Gasteiger partial charge in [0.2, 0.25) is 0 Å². The predicted molar refractivity (Wildman–Crippen MR) is 94.5 cm³/mol. The first-order chi connectivity index (χ1) is 11.0. The Balaban J connectivity index is 2.24. The average molecular weight is 301 g/mol. The van der Waals surface area contributed by atoms with Crippen LogP contribution in [-0.2, 0) is 0 Å². The molecule has 23 heavy (non-hydrogen) atoms. The summed E-state index contributed by atoms with van der Waals surface area (Å²) in [6, 6.07) is 12.2. The molecule has 1 aliphatic carbocycles. The maximum atomic E-state index is 9.02. The van der Waals surface area contributed by atoms with E-state index in [1.165, 1.54) is 0 Å². The summed E-state index contributed by atoms with van der Waals surface area (Å²) in [7, 11) is 4.03. The fourth-order valence-electron chi connectivity index (χ4n) is 2.42. The summed E-state index contributed by atoms with van der Waals surface area (Å²) in [6.45, 7) is 2.01. The molecular formula is C20H19N3. The highest BCUT2D eigenvalue weighted by molar-refractivity contribution is 5.61. The summed E-state index contributed by atoms with van der Waals surface area (Å²) in [5.74, 6) is 0. The highest BCUT2D eigenvalue weighted by atomic mass is 15.1. The molecule has 0 amide bonds. The van der Waals surface area contributed by atoms with Crippen molar-refractivity contribution in [2.45, 2.75) is 13.3 Å². The van der Waals surface area contributed by atoms with Gasteiger partial charge >= 0.3 is 0 Å². The summed E-state index contributed by atoms with van der Waals surface area (Å²) >= 11 is 0. The Bertz CT molecular complexity index is 773. The van der Waals surface area contributed by atoms with E-state index in [0.717, 1.165) is 28.8 Å². The van der Waals surface area contributed by atoms with Crippen LogP contribution in [0.2, 0.25) is 0 Å². The average Bonchev–Trinajstić information content (AvgIpc) is 2.54. The van der Waals surface area contributed by atoms with Gasteiger partial charge in [0, 0.05) is 25.4 Å². The number of hydrogen-bond donors (Lipinski definition) is 0. The van der Waals surface area contributed by atoms with Crippen molar-refractivity contribution in [2.24, 2.45) is 0 Å².